The van der Waals surface area contributed by atoms with E-state index in [9.17, 15) is 4.79 Å². The van der Waals surface area contributed by atoms with Gasteiger partial charge in [0, 0.05) is 29.6 Å². The van der Waals surface area contributed by atoms with Crippen LogP contribution in [-0.4, -0.2) is 17.3 Å². The van der Waals surface area contributed by atoms with Crippen LogP contribution in [0.2, 0.25) is 0 Å². The number of ketones is 1. The predicted octanol–water partition coefficient (Wildman–Crippen LogP) is 3.18. The molecule has 1 aromatic heterocycles. The standard InChI is InChI=1S/C15H15N3OS/c1-10(19)14-4-3-12(8-16)7-15(14)17-6-5-13-9-20-11(2)18-13/h3-4,7,9,17H,5-6H2,1-2H3. The van der Waals surface area contributed by atoms with E-state index in [1.807, 2.05) is 12.3 Å². The van der Waals surface area contributed by atoms with Crippen molar-refractivity contribution in [2.24, 2.45) is 0 Å². The molecule has 0 aliphatic heterocycles. The monoisotopic (exact) mass is 285 g/mol. The smallest absolute Gasteiger partial charge is 0.161 e. The Labute approximate surface area is 122 Å². The third-order valence-electron chi connectivity index (χ3n) is 2.89. The molecule has 0 saturated heterocycles. The Hall–Kier alpha value is -2.19. The third-order valence-corrected chi connectivity index (χ3v) is 3.71. The number of anilines is 1. The van der Waals surface area contributed by atoms with Crippen LogP contribution in [-0.2, 0) is 6.42 Å². The fraction of sp³-hybridized carbons (Fsp3) is 0.267. The lowest BCUT2D eigenvalue weighted by molar-refractivity contribution is 0.101. The van der Waals surface area contributed by atoms with Gasteiger partial charge in [-0.2, -0.15) is 5.26 Å². The number of Topliss-reactive ketones (excluding diaryl/α,β-unsaturated/α-hetero) is 1. The molecule has 2 aromatic rings. The van der Waals surface area contributed by atoms with Crippen molar-refractivity contribution in [3.05, 3.63) is 45.4 Å². The highest BCUT2D eigenvalue weighted by Crippen LogP contribution is 2.18. The maximum Gasteiger partial charge on any atom is 0.161 e. The average Bonchev–Trinajstić information content (AvgIpc) is 2.84. The van der Waals surface area contributed by atoms with Crippen LogP contribution in [0, 0.1) is 18.3 Å². The van der Waals surface area contributed by atoms with E-state index >= 15 is 0 Å². The number of aryl methyl sites for hydroxylation is 1. The number of carbonyl (C=O) groups is 1. The van der Waals surface area contributed by atoms with Crippen LogP contribution in [0.3, 0.4) is 0 Å². The fourth-order valence-corrected chi connectivity index (χ4v) is 2.56. The Morgan fingerprint density at radius 2 is 2.30 bits per heavy atom. The summed E-state index contributed by atoms with van der Waals surface area (Å²) >= 11 is 1.63. The van der Waals surface area contributed by atoms with Crippen LogP contribution in [0.25, 0.3) is 0 Å². The summed E-state index contributed by atoms with van der Waals surface area (Å²) in [7, 11) is 0. The summed E-state index contributed by atoms with van der Waals surface area (Å²) in [6.07, 6.45) is 0.790. The van der Waals surface area contributed by atoms with Crippen molar-refractivity contribution >= 4 is 22.8 Å². The van der Waals surface area contributed by atoms with Crippen LogP contribution >= 0.6 is 11.3 Å². The number of aromatic nitrogens is 1. The highest BCUT2D eigenvalue weighted by molar-refractivity contribution is 7.09. The molecule has 0 amide bonds. The van der Waals surface area contributed by atoms with E-state index in [-0.39, 0.29) is 5.78 Å². The van der Waals surface area contributed by atoms with Gasteiger partial charge in [0.15, 0.2) is 5.78 Å². The molecule has 0 bridgehead atoms. The van der Waals surface area contributed by atoms with E-state index in [4.69, 9.17) is 5.26 Å². The number of carbonyl (C=O) groups excluding carboxylic acids is 1. The lowest BCUT2D eigenvalue weighted by Gasteiger charge is -2.10. The molecule has 1 aromatic carbocycles. The molecule has 0 saturated carbocycles. The van der Waals surface area contributed by atoms with Gasteiger partial charge in [0.2, 0.25) is 0 Å². The minimum atomic E-state index is -0.0125. The summed E-state index contributed by atoms with van der Waals surface area (Å²) in [6, 6.07) is 7.14. The average molecular weight is 285 g/mol. The second-order valence-corrected chi connectivity index (χ2v) is 5.53. The van der Waals surface area contributed by atoms with Crippen molar-refractivity contribution in [2.45, 2.75) is 20.3 Å². The summed E-state index contributed by atoms with van der Waals surface area (Å²) in [5.41, 5.74) is 2.91. The third kappa shape index (κ3) is 3.43. The van der Waals surface area contributed by atoms with E-state index in [1.54, 1.807) is 29.5 Å². The number of hydrogen-bond acceptors (Lipinski definition) is 5. The number of nitriles is 1. The van der Waals surface area contributed by atoms with Crippen LogP contribution in [0.4, 0.5) is 5.69 Å². The molecule has 4 nitrogen and oxygen atoms in total. The summed E-state index contributed by atoms with van der Waals surface area (Å²) in [6.45, 7) is 4.18. The first-order valence-corrected chi connectivity index (χ1v) is 7.18. The lowest BCUT2D eigenvalue weighted by Crippen LogP contribution is -2.09. The first-order chi connectivity index (χ1) is 9.60. The Balaban J connectivity index is 2.07. The number of nitrogens with zero attached hydrogens (tertiary/aromatic N) is 2. The molecular formula is C15H15N3OS. The molecule has 102 valence electrons. The lowest BCUT2D eigenvalue weighted by atomic mass is 10.1. The van der Waals surface area contributed by atoms with E-state index in [1.165, 1.54) is 6.92 Å². The zero-order valence-corrected chi connectivity index (χ0v) is 12.3. The predicted molar refractivity (Wildman–Crippen MR) is 80.2 cm³/mol. The SMILES string of the molecule is CC(=O)c1ccc(C#N)cc1NCCc1csc(C)n1. The Morgan fingerprint density at radius 3 is 2.90 bits per heavy atom. The summed E-state index contributed by atoms with van der Waals surface area (Å²) in [5.74, 6) is -0.0125. The van der Waals surface area contributed by atoms with Gasteiger partial charge in [-0.3, -0.25) is 4.79 Å². The Morgan fingerprint density at radius 1 is 1.50 bits per heavy atom. The first-order valence-electron chi connectivity index (χ1n) is 6.30. The van der Waals surface area contributed by atoms with E-state index in [0.717, 1.165) is 17.1 Å². The van der Waals surface area contributed by atoms with Crippen molar-refractivity contribution in [3.63, 3.8) is 0 Å². The van der Waals surface area contributed by atoms with Gasteiger partial charge in [-0.25, -0.2) is 4.98 Å². The molecule has 1 heterocycles. The van der Waals surface area contributed by atoms with Gasteiger partial charge in [0.1, 0.15) is 0 Å². The van der Waals surface area contributed by atoms with E-state index in [2.05, 4.69) is 16.4 Å². The van der Waals surface area contributed by atoms with Crippen molar-refractivity contribution < 1.29 is 4.79 Å². The van der Waals surface area contributed by atoms with E-state index < -0.39 is 0 Å². The van der Waals surface area contributed by atoms with Crippen LogP contribution in [0.15, 0.2) is 23.6 Å². The Bertz CT molecular complexity index is 670. The molecule has 2 rings (SSSR count). The molecule has 0 aliphatic rings. The fourth-order valence-electron chi connectivity index (χ4n) is 1.92. The highest BCUT2D eigenvalue weighted by atomic mass is 32.1. The van der Waals surface area contributed by atoms with Gasteiger partial charge in [-0.15, -0.1) is 11.3 Å². The number of benzene rings is 1. The number of thiazole rings is 1. The summed E-state index contributed by atoms with van der Waals surface area (Å²) in [4.78, 5) is 16.0. The van der Waals surface area contributed by atoms with Gasteiger partial charge in [0.25, 0.3) is 0 Å². The molecular weight excluding hydrogens is 270 g/mol. The normalized spacial score (nSPS) is 10.1. The van der Waals surface area contributed by atoms with Crippen LogP contribution < -0.4 is 5.32 Å². The van der Waals surface area contributed by atoms with Crippen LogP contribution in [0.5, 0.6) is 0 Å². The number of rotatable bonds is 5. The van der Waals surface area contributed by atoms with Gasteiger partial charge in [0.05, 0.1) is 22.3 Å². The molecule has 0 atom stereocenters. The molecule has 1 N–H and O–H groups in total. The maximum atomic E-state index is 11.6. The molecule has 0 fully saturated rings. The van der Waals surface area contributed by atoms with Gasteiger partial charge in [-0.1, -0.05) is 0 Å². The molecule has 0 aliphatic carbocycles. The summed E-state index contributed by atoms with van der Waals surface area (Å²) < 4.78 is 0. The minimum Gasteiger partial charge on any atom is -0.384 e. The highest BCUT2D eigenvalue weighted by Gasteiger charge is 2.08. The maximum absolute atomic E-state index is 11.6. The first kappa shape index (κ1) is 14.2. The van der Waals surface area contributed by atoms with Gasteiger partial charge in [-0.05, 0) is 32.0 Å². The number of hydrogen-bond donors (Lipinski definition) is 1. The molecule has 5 heteroatoms. The minimum absolute atomic E-state index is 0.0125. The second-order valence-electron chi connectivity index (χ2n) is 4.46. The zero-order valence-electron chi connectivity index (χ0n) is 11.4. The van der Waals surface area contributed by atoms with Crippen LogP contribution in [0.1, 0.15) is 33.5 Å². The molecule has 0 spiro atoms. The van der Waals surface area contributed by atoms with Crippen molar-refractivity contribution in [3.8, 4) is 6.07 Å². The van der Waals surface area contributed by atoms with Gasteiger partial charge >= 0.3 is 0 Å². The van der Waals surface area contributed by atoms with Crippen molar-refractivity contribution in [2.75, 3.05) is 11.9 Å². The zero-order chi connectivity index (χ0) is 14.5. The number of nitrogens with one attached hydrogen (secondary N) is 1. The van der Waals surface area contributed by atoms with Crippen molar-refractivity contribution in [1.82, 2.24) is 4.98 Å². The second kappa shape index (κ2) is 6.31. The topological polar surface area (TPSA) is 65.8 Å². The molecule has 0 unspecified atom stereocenters. The largest absolute Gasteiger partial charge is 0.384 e. The van der Waals surface area contributed by atoms with Crippen molar-refractivity contribution in [1.29, 1.82) is 5.26 Å². The molecule has 20 heavy (non-hydrogen) atoms. The Kier molecular flexibility index (Phi) is 4.49. The van der Waals surface area contributed by atoms with E-state index in [0.29, 0.717) is 23.4 Å². The van der Waals surface area contributed by atoms with Gasteiger partial charge < -0.3 is 5.32 Å². The molecule has 0 radical (unpaired) electrons. The summed E-state index contributed by atoms with van der Waals surface area (Å²) in [5, 5.41) is 15.2. The quantitative estimate of drug-likeness (QED) is 0.857.